The van der Waals surface area contributed by atoms with Gasteiger partial charge in [-0.25, -0.2) is 9.97 Å². The van der Waals surface area contributed by atoms with Gasteiger partial charge in [0.25, 0.3) is 0 Å². The van der Waals surface area contributed by atoms with Gasteiger partial charge in [-0.2, -0.15) is 0 Å². The molecule has 2 N–H and O–H groups in total. The average Bonchev–Trinajstić information content (AvgIpc) is 2.41. The zero-order chi connectivity index (χ0) is 14.7. The number of rotatable bonds is 4. The van der Waals surface area contributed by atoms with Gasteiger partial charge in [-0.05, 0) is 31.9 Å². The molecule has 0 bridgehead atoms. The van der Waals surface area contributed by atoms with Gasteiger partial charge in [-0.3, -0.25) is 0 Å². The molecule has 4 heteroatoms. The van der Waals surface area contributed by atoms with Crippen LogP contribution in [-0.2, 0) is 0 Å². The lowest BCUT2D eigenvalue weighted by Crippen LogP contribution is -2.20. The Morgan fingerprint density at radius 2 is 1.80 bits per heavy atom. The standard InChI is InChI=1S/C16H22N4/c1-5-20(13-8-6-12(4)7-9-13)16-14(11(2)3)15(17)18-10-19-16/h6-11H,5H2,1-4H3,(H2,17,18,19). The molecule has 0 saturated heterocycles. The van der Waals surface area contributed by atoms with E-state index in [0.717, 1.165) is 23.6 Å². The molecule has 0 aliphatic carbocycles. The molecular formula is C16H22N4. The van der Waals surface area contributed by atoms with Gasteiger partial charge < -0.3 is 10.6 Å². The monoisotopic (exact) mass is 270 g/mol. The van der Waals surface area contributed by atoms with Crippen LogP contribution in [0.4, 0.5) is 17.3 Å². The first-order valence-electron chi connectivity index (χ1n) is 6.99. The Morgan fingerprint density at radius 1 is 1.15 bits per heavy atom. The van der Waals surface area contributed by atoms with Gasteiger partial charge in [0.1, 0.15) is 18.0 Å². The highest BCUT2D eigenvalue weighted by Crippen LogP contribution is 2.33. The van der Waals surface area contributed by atoms with Crippen LogP contribution in [0.2, 0.25) is 0 Å². The van der Waals surface area contributed by atoms with Crippen LogP contribution in [0.1, 0.15) is 37.8 Å². The van der Waals surface area contributed by atoms with E-state index in [-0.39, 0.29) is 5.92 Å². The molecule has 1 aromatic carbocycles. The van der Waals surface area contributed by atoms with Crippen molar-refractivity contribution in [1.82, 2.24) is 9.97 Å². The van der Waals surface area contributed by atoms with Crippen LogP contribution in [0.25, 0.3) is 0 Å². The predicted molar refractivity (Wildman–Crippen MR) is 84.4 cm³/mol. The number of nitrogens with two attached hydrogens (primary N) is 1. The van der Waals surface area contributed by atoms with Crippen LogP contribution in [0.5, 0.6) is 0 Å². The predicted octanol–water partition coefficient (Wildman–Crippen LogP) is 3.65. The second-order valence-electron chi connectivity index (χ2n) is 5.23. The highest BCUT2D eigenvalue weighted by atomic mass is 15.2. The molecule has 0 spiro atoms. The molecule has 0 unspecified atom stereocenters. The second-order valence-corrected chi connectivity index (χ2v) is 5.23. The molecule has 0 aliphatic rings. The number of aromatic nitrogens is 2. The van der Waals surface area contributed by atoms with Crippen LogP contribution in [0, 0.1) is 6.92 Å². The second kappa shape index (κ2) is 5.90. The fourth-order valence-corrected chi connectivity index (χ4v) is 2.35. The average molecular weight is 270 g/mol. The maximum absolute atomic E-state index is 6.04. The number of hydrogen-bond donors (Lipinski definition) is 1. The third kappa shape index (κ3) is 2.74. The topological polar surface area (TPSA) is 55.0 Å². The van der Waals surface area contributed by atoms with Gasteiger partial charge in [0.15, 0.2) is 0 Å². The molecule has 20 heavy (non-hydrogen) atoms. The van der Waals surface area contributed by atoms with Crippen molar-refractivity contribution in [3.8, 4) is 0 Å². The van der Waals surface area contributed by atoms with Crippen molar-refractivity contribution in [1.29, 1.82) is 0 Å². The highest BCUT2D eigenvalue weighted by Gasteiger charge is 2.18. The lowest BCUT2D eigenvalue weighted by Gasteiger charge is -2.26. The van der Waals surface area contributed by atoms with E-state index in [0.29, 0.717) is 5.82 Å². The highest BCUT2D eigenvalue weighted by molar-refractivity contribution is 5.67. The lowest BCUT2D eigenvalue weighted by atomic mass is 10.0. The quantitative estimate of drug-likeness (QED) is 0.921. The van der Waals surface area contributed by atoms with Crippen molar-refractivity contribution in [2.45, 2.75) is 33.6 Å². The van der Waals surface area contributed by atoms with E-state index >= 15 is 0 Å². The third-order valence-corrected chi connectivity index (χ3v) is 3.39. The van der Waals surface area contributed by atoms with Crippen molar-refractivity contribution in [3.05, 3.63) is 41.7 Å². The number of nitrogens with zero attached hydrogens (tertiary/aromatic N) is 3. The Kier molecular flexibility index (Phi) is 4.23. The summed E-state index contributed by atoms with van der Waals surface area (Å²) >= 11 is 0. The van der Waals surface area contributed by atoms with Gasteiger partial charge in [0, 0.05) is 17.8 Å². The van der Waals surface area contributed by atoms with Gasteiger partial charge in [-0.15, -0.1) is 0 Å². The number of nitrogen functional groups attached to an aromatic ring is 1. The van der Waals surface area contributed by atoms with Crippen molar-refractivity contribution >= 4 is 17.3 Å². The molecule has 4 nitrogen and oxygen atoms in total. The summed E-state index contributed by atoms with van der Waals surface area (Å²) < 4.78 is 0. The SMILES string of the molecule is CCN(c1ccc(C)cc1)c1ncnc(N)c1C(C)C. The summed E-state index contributed by atoms with van der Waals surface area (Å²) in [6.45, 7) is 9.26. The molecule has 2 rings (SSSR count). The fraction of sp³-hybridized carbons (Fsp3) is 0.375. The molecule has 106 valence electrons. The van der Waals surface area contributed by atoms with Crippen LogP contribution < -0.4 is 10.6 Å². The molecule has 0 saturated carbocycles. The lowest BCUT2D eigenvalue weighted by molar-refractivity contribution is 0.834. The van der Waals surface area contributed by atoms with E-state index in [1.807, 2.05) is 0 Å². The largest absolute Gasteiger partial charge is 0.383 e. The van der Waals surface area contributed by atoms with Crippen LogP contribution >= 0.6 is 0 Å². The summed E-state index contributed by atoms with van der Waals surface area (Å²) in [6, 6.07) is 8.44. The molecule has 1 aromatic heterocycles. The number of anilines is 3. The molecule has 0 fully saturated rings. The summed E-state index contributed by atoms with van der Waals surface area (Å²) in [5.74, 6) is 1.75. The van der Waals surface area contributed by atoms with E-state index < -0.39 is 0 Å². The van der Waals surface area contributed by atoms with Crippen molar-refractivity contribution in [2.75, 3.05) is 17.2 Å². The molecule has 1 heterocycles. The Labute approximate surface area is 120 Å². The molecular weight excluding hydrogens is 248 g/mol. The number of aryl methyl sites for hydroxylation is 1. The molecule has 0 aliphatic heterocycles. The molecule has 0 atom stereocenters. The van der Waals surface area contributed by atoms with Crippen molar-refractivity contribution in [2.24, 2.45) is 0 Å². The van der Waals surface area contributed by atoms with E-state index in [1.165, 1.54) is 11.9 Å². The third-order valence-electron chi connectivity index (χ3n) is 3.39. The molecule has 2 aromatic rings. The van der Waals surface area contributed by atoms with Crippen molar-refractivity contribution < 1.29 is 0 Å². The maximum Gasteiger partial charge on any atom is 0.141 e. The number of hydrogen-bond acceptors (Lipinski definition) is 4. The van der Waals surface area contributed by atoms with Gasteiger partial charge in [0.2, 0.25) is 0 Å². The summed E-state index contributed by atoms with van der Waals surface area (Å²) in [5, 5.41) is 0. The first kappa shape index (κ1) is 14.3. The normalized spacial score (nSPS) is 10.8. The minimum Gasteiger partial charge on any atom is -0.383 e. The Morgan fingerprint density at radius 3 is 2.35 bits per heavy atom. The van der Waals surface area contributed by atoms with Crippen LogP contribution in [0.15, 0.2) is 30.6 Å². The maximum atomic E-state index is 6.04. The molecule has 0 radical (unpaired) electrons. The summed E-state index contributed by atoms with van der Waals surface area (Å²) in [5.41, 5.74) is 9.42. The first-order valence-corrected chi connectivity index (χ1v) is 6.99. The Bertz CT molecular complexity index is 576. The Hall–Kier alpha value is -2.10. The van der Waals surface area contributed by atoms with Crippen molar-refractivity contribution in [3.63, 3.8) is 0 Å². The first-order chi connectivity index (χ1) is 9.54. The van der Waals surface area contributed by atoms with Gasteiger partial charge >= 0.3 is 0 Å². The summed E-state index contributed by atoms with van der Waals surface area (Å²) in [7, 11) is 0. The summed E-state index contributed by atoms with van der Waals surface area (Å²) in [6.07, 6.45) is 1.54. The minimum atomic E-state index is 0.283. The fourth-order valence-electron chi connectivity index (χ4n) is 2.35. The van der Waals surface area contributed by atoms with Gasteiger partial charge in [0.05, 0.1) is 0 Å². The zero-order valence-electron chi connectivity index (χ0n) is 12.6. The van der Waals surface area contributed by atoms with E-state index in [2.05, 4.69) is 66.8 Å². The zero-order valence-corrected chi connectivity index (χ0v) is 12.6. The van der Waals surface area contributed by atoms with Crippen LogP contribution in [-0.4, -0.2) is 16.5 Å². The van der Waals surface area contributed by atoms with Gasteiger partial charge in [-0.1, -0.05) is 31.5 Å². The van der Waals surface area contributed by atoms with E-state index in [4.69, 9.17) is 5.73 Å². The Balaban J connectivity index is 2.52. The molecule has 0 amide bonds. The minimum absolute atomic E-state index is 0.283. The number of benzene rings is 1. The van der Waals surface area contributed by atoms with E-state index in [9.17, 15) is 0 Å². The smallest absolute Gasteiger partial charge is 0.141 e. The summed E-state index contributed by atoms with van der Waals surface area (Å²) in [4.78, 5) is 10.8. The van der Waals surface area contributed by atoms with Crippen LogP contribution in [0.3, 0.4) is 0 Å². The van der Waals surface area contributed by atoms with E-state index in [1.54, 1.807) is 0 Å².